The number of halogens is 2. The smallest absolute Gasteiger partial charge is 0.252 e. The summed E-state index contributed by atoms with van der Waals surface area (Å²) in [6.07, 6.45) is 1.80. The third kappa shape index (κ3) is 3.36. The molecular weight excluding hydrogens is 266 g/mol. The monoisotopic (exact) mass is 278 g/mol. The fourth-order valence-electron chi connectivity index (χ4n) is 1.63. The highest BCUT2D eigenvalue weighted by Crippen LogP contribution is 2.15. The van der Waals surface area contributed by atoms with Crippen molar-refractivity contribution in [3.05, 3.63) is 65.5 Å². The van der Waals surface area contributed by atoms with Gasteiger partial charge in [0.1, 0.15) is 0 Å². The molecule has 1 unspecified atom stereocenters. The van der Waals surface area contributed by atoms with Crippen LogP contribution in [0.1, 0.15) is 22.0 Å². The van der Waals surface area contributed by atoms with Crippen LogP contribution in [-0.2, 0) is 0 Å². The topological polar surface area (TPSA) is 62.2 Å². The SMILES string of the molecule is O=C(NCC(O)c1ccc(F)c(F)c1)c1cccnc1. The fourth-order valence-corrected chi connectivity index (χ4v) is 1.63. The largest absolute Gasteiger partial charge is 0.387 e. The van der Waals surface area contributed by atoms with Gasteiger partial charge in [0.05, 0.1) is 11.7 Å². The number of nitrogens with one attached hydrogen (secondary N) is 1. The molecule has 1 amide bonds. The van der Waals surface area contributed by atoms with E-state index in [2.05, 4.69) is 10.3 Å². The second-order valence-corrected chi connectivity index (χ2v) is 4.14. The molecule has 0 aliphatic rings. The Morgan fingerprint density at radius 1 is 1.30 bits per heavy atom. The summed E-state index contributed by atoms with van der Waals surface area (Å²) < 4.78 is 25.8. The molecule has 6 heteroatoms. The third-order valence-corrected chi connectivity index (χ3v) is 2.71. The van der Waals surface area contributed by atoms with E-state index in [4.69, 9.17) is 0 Å². The van der Waals surface area contributed by atoms with E-state index in [-0.39, 0.29) is 12.1 Å². The maximum Gasteiger partial charge on any atom is 0.252 e. The number of aliphatic hydroxyl groups excluding tert-OH is 1. The number of amides is 1. The second kappa shape index (κ2) is 6.21. The van der Waals surface area contributed by atoms with Crippen molar-refractivity contribution in [1.82, 2.24) is 10.3 Å². The zero-order valence-corrected chi connectivity index (χ0v) is 10.4. The molecular formula is C14H12F2N2O2. The van der Waals surface area contributed by atoms with Crippen LogP contribution in [0.2, 0.25) is 0 Å². The molecule has 0 fully saturated rings. The van der Waals surface area contributed by atoms with Gasteiger partial charge in [-0.3, -0.25) is 9.78 Å². The minimum atomic E-state index is -1.12. The van der Waals surface area contributed by atoms with E-state index >= 15 is 0 Å². The minimum absolute atomic E-state index is 0.112. The van der Waals surface area contributed by atoms with Crippen LogP contribution in [0.3, 0.4) is 0 Å². The number of aliphatic hydroxyl groups is 1. The normalized spacial score (nSPS) is 11.9. The molecule has 20 heavy (non-hydrogen) atoms. The Morgan fingerprint density at radius 3 is 2.75 bits per heavy atom. The lowest BCUT2D eigenvalue weighted by molar-refractivity contribution is 0.0915. The van der Waals surface area contributed by atoms with Gasteiger partial charge in [-0.15, -0.1) is 0 Å². The molecule has 1 aromatic heterocycles. The summed E-state index contributed by atoms with van der Waals surface area (Å²) in [4.78, 5) is 15.5. The van der Waals surface area contributed by atoms with E-state index in [0.717, 1.165) is 12.1 Å². The molecule has 0 aliphatic carbocycles. The first-order valence-corrected chi connectivity index (χ1v) is 5.89. The summed E-state index contributed by atoms with van der Waals surface area (Å²) in [5.74, 6) is -2.43. The molecule has 0 aliphatic heterocycles. The Kier molecular flexibility index (Phi) is 4.37. The lowest BCUT2D eigenvalue weighted by Gasteiger charge is -2.12. The summed E-state index contributed by atoms with van der Waals surface area (Å²) in [5.41, 5.74) is 0.542. The van der Waals surface area contributed by atoms with Gasteiger partial charge in [0.15, 0.2) is 11.6 Å². The quantitative estimate of drug-likeness (QED) is 0.896. The first kappa shape index (κ1) is 14.1. The molecule has 4 nitrogen and oxygen atoms in total. The van der Waals surface area contributed by atoms with Crippen molar-refractivity contribution >= 4 is 5.91 Å². The molecule has 0 saturated heterocycles. The number of hydrogen-bond acceptors (Lipinski definition) is 3. The van der Waals surface area contributed by atoms with Crippen molar-refractivity contribution in [1.29, 1.82) is 0 Å². The van der Waals surface area contributed by atoms with Gasteiger partial charge in [0, 0.05) is 18.9 Å². The van der Waals surface area contributed by atoms with Crippen molar-refractivity contribution in [3.63, 3.8) is 0 Å². The first-order valence-electron chi connectivity index (χ1n) is 5.89. The molecule has 0 saturated carbocycles. The van der Waals surface area contributed by atoms with Gasteiger partial charge >= 0.3 is 0 Å². The summed E-state index contributed by atoms with van der Waals surface area (Å²) in [6.45, 7) is -0.112. The van der Waals surface area contributed by atoms with Crippen LogP contribution in [0.5, 0.6) is 0 Å². The molecule has 1 atom stereocenters. The van der Waals surface area contributed by atoms with Crippen LogP contribution < -0.4 is 5.32 Å². The van der Waals surface area contributed by atoms with Crippen LogP contribution in [0.15, 0.2) is 42.7 Å². The van der Waals surface area contributed by atoms with Gasteiger partial charge in [-0.1, -0.05) is 6.07 Å². The first-order chi connectivity index (χ1) is 9.58. The lowest BCUT2D eigenvalue weighted by Crippen LogP contribution is -2.28. The van der Waals surface area contributed by atoms with Crippen LogP contribution in [0.4, 0.5) is 8.78 Å². The number of carbonyl (C=O) groups excluding carboxylic acids is 1. The van der Waals surface area contributed by atoms with Crippen molar-refractivity contribution < 1.29 is 18.7 Å². The van der Waals surface area contributed by atoms with E-state index in [0.29, 0.717) is 5.56 Å². The number of pyridine rings is 1. The predicted molar refractivity (Wildman–Crippen MR) is 67.9 cm³/mol. The Balaban J connectivity index is 1.96. The number of benzene rings is 1. The maximum atomic E-state index is 13.0. The lowest BCUT2D eigenvalue weighted by atomic mass is 10.1. The number of hydrogen-bond donors (Lipinski definition) is 2. The Morgan fingerprint density at radius 2 is 2.10 bits per heavy atom. The summed E-state index contributed by atoms with van der Waals surface area (Å²) in [7, 11) is 0. The Bertz CT molecular complexity index is 605. The van der Waals surface area contributed by atoms with Gasteiger partial charge in [0.2, 0.25) is 0 Å². The highest BCUT2D eigenvalue weighted by atomic mass is 19.2. The van der Waals surface area contributed by atoms with Crippen LogP contribution in [-0.4, -0.2) is 22.5 Å². The Hall–Kier alpha value is -2.34. The van der Waals surface area contributed by atoms with E-state index in [1.165, 1.54) is 18.5 Å². The molecule has 2 aromatic rings. The summed E-state index contributed by atoms with van der Waals surface area (Å²) in [6, 6.07) is 6.28. The van der Waals surface area contributed by atoms with Crippen molar-refractivity contribution in [2.24, 2.45) is 0 Å². The molecule has 0 radical (unpaired) electrons. The average Bonchev–Trinajstić information content (AvgIpc) is 2.48. The van der Waals surface area contributed by atoms with Crippen molar-refractivity contribution in [3.8, 4) is 0 Å². The summed E-state index contributed by atoms with van der Waals surface area (Å²) in [5, 5.41) is 12.3. The molecule has 104 valence electrons. The number of carbonyl (C=O) groups is 1. The molecule has 2 N–H and O–H groups in total. The van der Waals surface area contributed by atoms with Gasteiger partial charge in [-0.2, -0.15) is 0 Å². The zero-order chi connectivity index (χ0) is 14.5. The van der Waals surface area contributed by atoms with Gasteiger partial charge < -0.3 is 10.4 Å². The highest BCUT2D eigenvalue weighted by molar-refractivity contribution is 5.93. The second-order valence-electron chi connectivity index (χ2n) is 4.14. The van der Waals surface area contributed by atoms with Gasteiger partial charge in [-0.05, 0) is 29.8 Å². The van der Waals surface area contributed by atoms with Gasteiger partial charge in [-0.25, -0.2) is 8.78 Å². The van der Waals surface area contributed by atoms with Crippen LogP contribution in [0.25, 0.3) is 0 Å². The van der Waals surface area contributed by atoms with Crippen molar-refractivity contribution in [2.45, 2.75) is 6.10 Å². The van der Waals surface area contributed by atoms with E-state index < -0.39 is 23.6 Å². The number of rotatable bonds is 4. The molecule has 1 aromatic carbocycles. The Labute approximate surface area is 114 Å². The average molecular weight is 278 g/mol. The van der Waals surface area contributed by atoms with E-state index in [1.54, 1.807) is 12.1 Å². The van der Waals surface area contributed by atoms with E-state index in [1.807, 2.05) is 0 Å². The number of nitrogens with zero attached hydrogens (tertiary/aromatic N) is 1. The van der Waals surface area contributed by atoms with Crippen molar-refractivity contribution in [2.75, 3.05) is 6.54 Å². The third-order valence-electron chi connectivity index (χ3n) is 2.71. The standard InChI is InChI=1S/C14H12F2N2O2/c15-11-4-3-9(6-12(11)16)13(19)8-18-14(20)10-2-1-5-17-7-10/h1-7,13,19H,8H2,(H,18,20). The molecule has 1 heterocycles. The minimum Gasteiger partial charge on any atom is -0.387 e. The zero-order valence-electron chi connectivity index (χ0n) is 10.4. The predicted octanol–water partition coefficient (Wildman–Crippen LogP) is 1.82. The fraction of sp³-hybridized carbons (Fsp3) is 0.143. The molecule has 2 rings (SSSR count). The van der Waals surface area contributed by atoms with Gasteiger partial charge in [0.25, 0.3) is 5.91 Å². The van der Waals surface area contributed by atoms with E-state index in [9.17, 15) is 18.7 Å². The number of aromatic nitrogens is 1. The highest BCUT2D eigenvalue weighted by Gasteiger charge is 2.13. The maximum absolute atomic E-state index is 13.0. The summed E-state index contributed by atoms with van der Waals surface area (Å²) >= 11 is 0. The molecule has 0 spiro atoms. The van der Waals surface area contributed by atoms with Crippen LogP contribution >= 0.6 is 0 Å². The molecule has 0 bridgehead atoms. The van der Waals surface area contributed by atoms with Crippen LogP contribution in [0, 0.1) is 11.6 Å².